The predicted octanol–water partition coefficient (Wildman–Crippen LogP) is 4.24. The molecule has 0 bridgehead atoms. The van der Waals surface area contributed by atoms with Crippen molar-refractivity contribution >= 4 is 45.9 Å². The van der Waals surface area contributed by atoms with Gasteiger partial charge < -0.3 is 16.2 Å². The molecule has 0 aliphatic carbocycles. The Morgan fingerprint density at radius 3 is 2.57 bits per heavy atom. The Morgan fingerprint density at radius 1 is 1.04 bits per heavy atom. The molecule has 7 heteroatoms. The summed E-state index contributed by atoms with van der Waals surface area (Å²) in [5.74, 6) is 0.993. The number of rotatable bonds is 3. The van der Waals surface area contributed by atoms with Gasteiger partial charge in [-0.15, -0.1) is 0 Å². The molecule has 4 N–H and O–H groups in total. The summed E-state index contributed by atoms with van der Waals surface area (Å²) in [5, 5.41) is 1.61. The number of fused-ring (bicyclic) bond motifs is 1. The van der Waals surface area contributed by atoms with Crippen molar-refractivity contribution in [2.24, 2.45) is 0 Å². The van der Waals surface area contributed by atoms with E-state index >= 15 is 0 Å². The summed E-state index contributed by atoms with van der Waals surface area (Å²) in [6.07, 6.45) is -0.257. The molecule has 0 saturated carbocycles. The average molecular weight is 349 g/mol. The first kappa shape index (κ1) is 15.6. The standard InChI is InChI=1S/C16H14Cl2N4O/c1-8(9-5-6-10(17)11(18)7-9)23-13-4-2-3-12-14(13)15(19)22-16(20)21-12/h2-8H,1H3,(H4,19,20,21,22)/t8-/m0/s1. The maximum atomic E-state index is 6.06. The topological polar surface area (TPSA) is 87.0 Å². The number of nitrogens with two attached hydrogens (primary N) is 2. The minimum atomic E-state index is -0.257. The maximum absolute atomic E-state index is 6.06. The summed E-state index contributed by atoms with van der Waals surface area (Å²) in [5.41, 5.74) is 13.1. The quantitative estimate of drug-likeness (QED) is 0.738. The predicted molar refractivity (Wildman–Crippen MR) is 93.9 cm³/mol. The summed E-state index contributed by atoms with van der Waals surface area (Å²) >= 11 is 12.0. The van der Waals surface area contributed by atoms with Crippen molar-refractivity contribution in [1.29, 1.82) is 0 Å². The number of aromatic nitrogens is 2. The van der Waals surface area contributed by atoms with E-state index in [0.29, 0.717) is 26.7 Å². The highest BCUT2D eigenvalue weighted by atomic mass is 35.5. The van der Waals surface area contributed by atoms with Crippen LogP contribution in [-0.2, 0) is 0 Å². The third kappa shape index (κ3) is 3.11. The second kappa shape index (κ2) is 6.10. The van der Waals surface area contributed by atoms with Gasteiger partial charge in [0.15, 0.2) is 0 Å². The molecule has 0 amide bonds. The van der Waals surface area contributed by atoms with Gasteiger partial charge in [0.25, 0.3) is 0 Å². The zero-order valence-corrected chi connectivity index (χ0v) is 13.8. The summed E-state index contributed by atoms with van der Waals surface area (Å²) in [6, 6.07) is 10.8. The Kier molecular flexibility index (Phi) is 4.15. The minimum Gasteiger partial charge on any atom is -0.485 e. The Balaban J connectivity index is 1.99. The first-order chi connectivity index (χ1) is 11.0. The third-order valence-corrected chi connectivity index (χ3v) is 4.19. The van der Waals surface area contributed by atoms with E-state index in [2.05, 4.69) is 9.97 Å². The molecule has 1 heterocycles. The van der Waals surface area contributed by atoms with Gasteiger partial charge in [-0.05, 0) is 36.8 Å². The van der Waals surface area contributed by atoms with E-state index in [0.717, 1.165) is 5.56 Å². The van der Waals surface area contributed by atoms with Crippen molar-refractivity contribution in [3.8, 4) is 5.75 Å². The van der Waals surface area contributed by atoms with Crippen LogP contribution in [0, 0.1) is 0 Å². The van der Waals surface area contributed by atoms with Crippen molar-refractivity contribution < 1.29 is 4.74 Å². The van der Waals surface area contributed by atoms with E-state index in [1.54, 1.807) is 18.2 Å². The highest BCUT2D eigenvalue weighted by Gasteiger charge is 2.14. The van der Waals surface area contributed by atoms with Gasteiger partial charge in [-0.25, -0.2) is 4.98 Å². The van der Waals surface area contributed by atoms with E-state index in [1.807, 2.05) is 25.1 Å². The van der Waals surface area contributed by atoms with Crippen LogP contribution in [0.15, 0.2) is 36.4 Å². The molecule has 2 aromatic carbocycles. The monoisotopic (exact) mass is 348 g/mol. The number of benzene rings is 2. The maximum Gasteiger partial charge on any atom is 0.222 e. The number of hydrogen-bond donors (Lipinski definition) is 2. The van der Waals surface area contributed by atoms with E-state index < -0.39 is 0 Å². The molecule has 5 nitrogen and oxygen atoms in total. The summed E-state index contributed by atoms with van der Waals surface area (Å²) in [4.78, 5) is 8.17. The van der Waals surface area contributed by atoms with Crippen molar-refractivity contribution in [2.45, 2.75) is 13.0 Å². The fraction of sp³-hybridized carbons (Fsp3) is 0.125. The van der Waals surface area contributed by atoms with Crippen molar-refractivity contribution in [1.82, 2.24) is 9.97 Å². The van der Waals surface area contributed by atoms with Crippen LogP contribution in [0.2, 0.25) is 10.0 Å². The third-order valence-electron chi connectivity index (χ3n) is 3.45. The minimum absolute atomic E-state index is 0.129. The molecule has 0 spiro atoms. The van der Waals surface area contributed by atoms with Crippen molar-refractivity contribution in [2.75, 3.05) is 11.5 Å². The van der Waals surface area contributed by atoms with Gasteiger partial charge in [-0.3, -0.25) is 0 Å². The van der Waals surface area contributed by atoms with Crippen molar-refractivity contribution in [3.63, 3.8) is 0 Å². The molecule has 0 unspecified atom stereocenters. The number of nitrogen functional groups attached to an aromatic ring is 2. The van der Waals surface area contributed by atoms with E-state index in [9.17, 15) is 0 Å². The van der Waals surface area contributed by atoms with Crippen LogP contribution in [0.3, 0.4) is 0 Å². The molecule has 1 atom stereocenters. The Hall–Kier alpha value is -2.24. The van der Waals surface area contributed by atoms with Gasteiger partial charge in [0.1, 0.15) is 17.7 Å². The lowest BCUT2D eigenvalue weighted by atomic mass is 10.1. The Bertz CT molecular complexity index is 885. The molecule has 3 rings (SSSR count). The normalized spacial score (nSPS) is 12.3. The average Bonchev–Trinajstić information content (AvgIpc) is 2.49. The zero-order chi connectivity index (χ0) is 16.6. The number of nitrogens with zero attached hydrogens (tertiary/aromatic N) is 2. The van der Waals surface area contributed by atoms with Crippen LogP contribution in [-0.4, -0.2) is 9.97 Å². The van der Waals surface area contributed by atoms with Gasteiger partial charge in [0.05, 0.1) is 20.9 Å². The van der Waals surface area contributed by atoms with Crippen molar-refractivity contribution in [3.05, 3.63) is 52.0 Å². The van der Waals surface area contributed by atoms with Crippen LogP contribution >= 0.6 is 23.2 Å². The molecule has 118 valence electrons. The van der Waals surface area contributed by atoms with Gasteiger partial charge in [0.2, 0.25) is 5.95 Å². The summed E-state index contributed by atoms with van der Waals surface area (Å²) in [7, 11) is 0. The number of hydrogen-bond acceptors (Lipinski definition) is 5. The fourth-order valence-corrected chi connectivity index (χ4v) is 2.63. The van der Waals surface area contributed by atoms with E-state index in [1.165, 1.54) is 0 Å². The van der Waals surface area contributed by atoms with Gasteiger partial charge >= 0.3 is 0 Å². The van der Waals surface area contributed by atoms with Crippen LogP contribution in [0.5, 0.6) is 5.75 Å². The zero-order valence-electron chi connectivity index (χ0n) is 12.3. The molecule has 3 aromatic rings. The number of halogens is 2. The second-order valence-electron chi connectivity index (χ2n) is 5.05. The molecule has 23 heavy (non-hydrogen) atoms. The largest absolute Gasteiger partial charge is 0.485 e. The Labute approximate surface area is 143 Å². The summed E-state index contributed by atoms with van der Waals surface area (Å²) < 4.78 is 6.03. The van der Waals surface area contributed by atoms with Gasteiger partial charge in [0, 0.05) is 0 Å². The SMILES string of the molecule is C[C@H](Oc1cccc2nc(N)nc(N)c12)c1ccc(Cl)c(Cl)c1. The molecule has 0 aliphatic heterocycles. The molecular weight excluding hydrogens is 335 g/mol. The molecule has 0 fully saturated rings. The molecule has 0 radical (unpaired) electrons. The lowest BCUT2D eigenvalue weighted by Gasteiger charge is -2.17. The van der Waals surface area contributed by atoms with Crippen LogP contribution in [0.1, 0.15) is 18.6 Å². The number of ether oxygens (including phenoxy) is 1. The lowest BCUT2D eigenvalue weighted by Crippen LogP contribution is -2.06. The van der Waals surface area contributed by atoms with Gasteiger partial charge in [-0.2, -0.15) is 4.98 Å². The highest BCUT2D eigenvalue weighted by Crippen LogP contribution is 2.33. The molecule has 1 aromatic heterocycles. The summed E-state index contributed by atoms with van der Waals surface area (Å²) in [6.45, 7) is 1.91. The highest BCUT2D eigenvalue weighted by molar-refractivity contribution is 6.42. The first-order valence-corrected chi connectivity index (χ1v) is 7.64. The fourth-order valence-electron chi connectivity index (χ4n) is 2.32. The number of anilines is 2. The smallest absolute Gasteiger partial charge is 0.222 e. The Morgan fingerprint density at radius 2 is 1.83 bits per heavy atom. The molecular formula is C16H14Cl2N4O. The van der Waals surface area contributed by atoms with E-state index in [-0.39, 0.29) is 17.9 Å². The first-order valence-electron chi connectivity index (χ1n) is 6.89. The van der Waals surface area contributed by atoms with Gasteiger partial charge in [-0.1, -0.05) is 35.3 Å². The molecule has 0 aliphatic rings. The van der Waals surface area contributed by atoms with Crippen LogP contribution in [0.4, 0.5) is 11.8 Å². The lowest BCUT2D eigenvalue weighted by molar-refractivity contribution is 0.230. The van der Waals surface area contributed by atoms with Crippen LogP contribution < -0.4 is 16.2 Å². The van der Waals surface area contributed by atoms with Crippen LogP contribution in [0.25, 0.3) is 10.9 Å². The van der Waals surface area contributed by atoms with E-state index in [4.69, 9.17) is 39.4 Å². The second-order valence-corrected chi connectivity index (χ2v) is 5.87. The molecule has 0 saturated heterocycles.